The molecule has 0 bridgehead atoms. The van der Waals surface area contributed by atoms with Crippen LogP contribution in [0.1, 0.15) is 39.8 Å². The van der Waals surface area contributed by atoms with Gasteiger partial charge in [-0.3, -0.25) is 14.4 Å². The Morgan fingerprint density at radius 1 is 1.16 bits per heavy atom. The summed E-state index contributed by atoms with van der Waals surface area (Å²) in [6.45, 7) is 1.50. The Bertz CT molecular complexity index is 1300. The van der Waals surface area contributed by atoms with Gasteiger partial charge in [-0.05, 0) is 25.0 Å². The number of aryl methyl sites for hydroxylation is 1. The number of carbonyl (C=O) groups is 3. The Morgan fingerprint density at radius 2 is 1.95 bits per heavy atom. The van der Waals surface area contributed by atoms with E-state index < -0.39 is 53.7 Å². The first-order valence-electron chi connectivity index (χ1n) is 11.8. The lowest BCUT2D eigenvalue weighted by atomic mass is 10.0. The van der Waals surface area contributed by atoms with Gasteiger partial charge in [0.2, 0.25) is 18.0 Å². The van der Waals surface area contributed by atoms with Crippen LogP contribution in [0.15, 0.2) is 29.2 Å². The molecule has 1 saturated heterocycles. The Balaban J connectivity index is 1.60. The summed E-state index contributed by atoms with van der Waals surface area (Å²) >= 11 is 0. The van der Waals surface area contributed by atoms with Crippen LogP contribution in [0.5, 0.6) is 5.75 Å². The third-order valence-electron chi connectivity index (χ3n) is 6.17. The highest BCUT2D eigenvalue weighted by Gasteiger charge is 2.43. The number of methoxy groups -OCH3 is 1. The van der Waals surface area contributed by atoms with Crippen LogP contribution >= 0.6 is 0 Å². The number of nitrogens with zero attached hydrogens (tertiary/aromatic N) is 2. The largest absolute Gasteiger partial charge is 0.511 e. The second kappa shape index (κ2) is 11.7. The Kier molecular flexibility index (Phi) is 8.37. The number of rotatable bonds is 10. The minimum absolute atomic E-state index is 0.0707. The maximum Gasteiger partial charge on any atom is 0.511 e. The maximum absolute atomic E-state index is 14.0. The number of Topliss-reactive ketones (excluding diaryl/α,β-unsaturated/α-hetero) is 1. The molecule has 0 radical (unpaired) electrons. The van der Waals surface area contributed by atoms with Crippen molar-refractivity contribution in [3.05, 3.63) is 63.1 Å². The number of fused-ring (bicyclic) bond motifs is 2. The van der Waals surface area contributed by atoms with E-state index in [-0.39, 0.29) is 62.1 Å². The second-order valence-electron chi connectivity index (χ2n) is 8.71. The molecule has 204 valence electrons. The minimum atomic E-state index is -1.09. The van der Waals surface area contributed by atoms with Gasteiger partial charge in [0, 0.05) is 25.8 Å². The molecular weight excluding hydrogens is 510 g/mol. The van der Waals surface area contributed by atoms with Gasteiger partial charge >= 0.3 is 6.16 Å². The van der Waals surface area contributed by atoms with Crippen molar-refractivity contribution in [2.24, 2.45) is 0 Å². The van der Waals surface area contributed by atoms with Gasteiger partial charge in [-0.1, -0.05) is 6.07 Å². The van der Waals surface area contributed by atoms with E-state index in [4.69, 9.17) is 23.7 Å². The smallest absolute Gasteiger partial charge is 0.451 e. The van der Waals surface area contributed by atoms with Gasteiger partial charge in [0.1, 0.15) is 18.2 Å². The van der Waals surface area contributed by atoms with Crippen molar-refractivity contribution in [2.45, 2.75) is 38.6 Å². The first-order chi connectivity index (χ1) is 18.2. The lowest BCUT2D eigenvalue weighted by Gasteiger charge is -2.34. The molecule has 2 atom stereocenters. The summed E-state index contributed by atoms with van der Waals surface area (Å²) in [5.41, 5.74) is -1.21. The molecule has 1 fully saturated rings. The van der Waals surface area contributed by atoms with E-state index in [0.29, 0.717) is 6.07 Å². The highest BCUT2D eigenvalue weighted by molar-refractivity contribution is 6.00. The zero-order valence-corrected chi connectivity index (χ0v) is 20.7. The number of hydrogen-bond acceptors (Lipinski definition) is 9. The van der Waals surface area contributed by atoms with Gasteiger partial charge in [0.25, 0.3) is 5.91 Å². The first-order valence-corrected chi connectivity index (χ1v) is 11.8. The molecule has 0 spiro atoms. The Hall–Kier alpha value is -3.84. The van der Waals surface area contributed by atoms with E-state index in [1.807, 2.05) is 0 Å². The van der Waals surface area contributed by atoms with Crippen LogP contribution in [0.4, 0.5) is 13.6 Å². The zero-order chi connectivity index (χ0) is 27.4. The minimum Gasteiger partial charge on any atom is -0.451 e. The normalized spacial score (nSPS) is 18.1. The SMILES string of the molecule is COCCOC(=O)OCOc1c2n(cc(C(=O)CCc3ccc(F)cc3F)c1=O)C[C@H]1OC[C@H](C)N1C2=O. The number of carbonyl (C=O) groups excluding carboxylic acids is 3. The standard InChI is InChI=1S/C25H26F2N2O9/c1-14-12-36-20-11-28-10-17(19(30)6-4-15-3-5-16(26)9-18(15)27)22(31)23(21(28)24(32)29(14)20)37-13-38-25(33)35-8-7-34-2/h3,5,9-10,14,20H,4,6-8,11-13H2,1-2H3/t14-,20+/m0/s1. The zero-order valence-electron chi connectivity index (χ0n) is 20.7. The molecule has 0 saturated carbocycles. The number of aromatic nitrogens is 1. The van der Waals surface area contributed by atoms with Crippen LogP contribution in [-0.2, 0) is 31.9 Å². The molecule has 1 aromatic carbocycles. The molecule has 0 aliphatic carbocycles. The molecule has 1 aromatic heterocycles. The van der Waals surface area contributed by atoms with Crippen molar-refractivity contribution in [1.82, 2.24) is 9.47 Å². The highest BCUT2D eigenvalue weighted by atomic mass is 19.1. The summed E-state index contributed by atoms with van der Waals surface area (Å²) < 4.78 is 54.0. The van der Waals surface area contributed by atoms with Gasteiger partial charge in [-0.25, -0.2) is 13.6 Å². The van der Waals surface area contributed by atoms with Crippen molar-refractivity contribution < 1.29 is 46.8 Å². The van der Waals surface area contributed by atoms with Gasteiger partial charge < -0.3 is 33.2 Å². The summed E-state index contributed by atoms with van der Waals surface area (Å²) in [6.07, 6.45) is -0.804. The van der Waals surface area contributed by atoms with Crippen molar-refractivity contribution in [3.63, 3.8) is 0 Å². The first kappa shape index (κ1) is 27.2. The Labute approximate surface area is 215 Å². The fourth-order valence-electron chi connectivity index (χ4n) is 4.29. The average molecular weight is 536 g/mol. The molecule has 2 aromatic rings. The topological polar surface area (TPSA) is 123 Å². The van der Waals surface area contributed by atoms with E-state index in [1.165, 1.54) is 28.8 Å². The lowest BCUT2D eigenvalue weighted by molar-refractivity contribution is -0.00744. The van der Waals surface area contributed by atoms with Gasteiger partial charge in [0.15, 0.2) is 17.7 Å². The van der Waals surface area contributed by atoms with E-state index >= 15 is 0 Å². The maximum atomic E-state index is 14.0. The average Bonchev–Trinajstić information content (AvgIpc) is 3.25. The Morgan fingerprint density at radius 3 is 2.68 bits per heavy atom. The molecule has 11 nitrogen and oxygen atoms in total. The van der Waals surface area contributed by atoms with Crippen LogP contribution in [-0.4, -0.2) is 73.3 Å². The molecule has 0 unspecified atom stereocenters. The van der Waals surface area contributed by atoms with E-state index in [9.17, 15) is 28.0 Å². The summed E-state index contributed by atoms with van der Waals surface area (Å²) in [5.74, 6) is -3.23. The van der Waals surface area contributed by atoms with Crippen LogP contribution in [0, 0.1) is 11.6 Å². The molecule has 3 heterocycles. The van der Waals surface area contributed by atoms with E-state index in [2.05, 4.69) is 0 Å². The fraction of sp³-hybridized carbons (Fsp3) is 0.440. The van der Waals surface area contributed by atoms with Crippen LogP contribution < -0.4 is 10.2 Å². The van der Waals surface area contributed by atoms with Crippen molar-refractivity contribution >= 4 is 17.8 Å². The molecule has 0 N–H and O–H groups in total. The number of ketones is 1. The molecule has 13 heteroatoms. The number of pyridine rings is 1. The lowest BCUT2D eigenvalue weighted by Crippen LogP contribution is -2.49. The fourth-order valence-corrected chi connectivity index (χ4v) is 4.29. The number of ether oxygens (including phenoxy) is 5. The van der Waals surface area contributed by atoms with E-state index in [1.54, 1.807) is 6.92 Å². The predicted molar refractivity (Wildman–Crippen MR) is 125 cm³/mol. The summed E-state index contributed by atoms with van der Waals surface area (Å²) in [5, 5.41) is 0. The number of benzene rings is 1. The van der Waals surface area contributed by atoms with Gasteiger partial charge in [0.05, 0.1) is 31.4 Å². The van der Waals surface area contributed by atoms with Crippen LogP contribution in [0.2, 0.25) is 0 Å². The van der Waals surface area contributed by atoms with Crippen molar-refractivity contribution in [2.75, 3.05) is 33.7 Å². The van der Waals surface area contributed by atoms with E-state index in [0.717, 1.165) is 6.07 Å². The third kappa shape index (κ3) is 5.68. The number of halogens is 2. The predicted octanol–water partition coefficient (Wildman–Crippen LogP) is 2.28. The third-order valence-corrected chi connectivity index (χ3v) is 6.17. The number of hydrogen-bond donors (Lipinski definition) is 0. The molecule has 38 heavy (non-hydrogen) atoms. The molecular formula is C25H26F2N2O9. The van der Waals surface area contributed by atoms with Crippen LogP contribution in [0.3, 0.4) is 0 Å². The van der Waals surface area contributed by atoms with Crippen molar-refractivity contribution in [1.29, 1.82) is 0 Å². The second-order valence-corrected chi connectivity index (χ2v) is 8.71. The van der Waals surface area contributed by atoms with Gasteiger partial charge in [-0.2, -0.15) is 0 Å². The number of amides is 1. The molecule has 2 aliphatic heterocycles. The molecule has 2 aliphatic rings. The summed E-state index contributed by atoms with van der Waals surface area (Å²) in [4.78, 5) is 52.9. The highest BCUT2D eigenvalue weighted by Crippen LogP contribution is 2.30. The van der Waals surface area contributed by atoms with Gasteiger partial charge in [-0.15, -0.1) is 0 Å². The molecule has 4 rings (SSSR count). The van der Waals surface area contributed by atoms with Crippen molar-refractivity contribution in [3.8, 4) is 5.75 Å². The summed E-state index contributed by atoms with van der Waals surface area (Å²) in [7, 11) is 1.42. The quantitative estimate of drug-likeness (QED) is 0.195. The molecule has 1 amide bonds. The summed E-state index contributed by atoms with van der Waals surface area (Å²) in [6, 6.07) is 2.74. The monoisotopic (exact) mass is 536 g/mol. The van der Waals surface area contributed by atoms with Crippen LogP contribution in [0.25, 0.3) is 0 Å².